The highest BCUT2D eigenvalue weighted by molar-refractivity contribution is 7.10. The fourth-order valence-electron chi connectivity index (χ4n) is 1.67. The van der Waals surface area contributed by atoms with Crippen LogP contribution in [0.3, 0.4) is 0 Å². The van der Waals surface area contributed by atoms with Crippen LogP contribution in [0, 0.1) is 17.2 Å². The summed E-state index contributed by atoms with van der Waals surface area (Å²) in [6.45, 7) is 4.62. The molecule has 0 fully saturated rings. The molecule has 92 valence electrons. The molecule has 1 heterocycles. The van der Waals surface area contributed by atoms with Gasteiger partial charge in [0.05, 0.1) is 12.6 Å². The highest BCUT2D eigenvalue weighted by Gasteiger charge is 2.16. The molecule has 1 amide bonds. The number of thiophene rings is 1. The molecule has 1 aromatic rings. The van der Waals surface area contributed by atoms with E-state index in [1.54, 1.807) is 11.3 Å². The predicted molar refractivity (Wildman–Crippen MR) is 69.6 cm³/mol. The van der Waals surface area contributed by atoms with Crippen LogP contribution in [-0.4, -0.2) is 5.91 Å². The number of amides is 1. The van der Waals surface area contributed by atoms with Crippen molar-refractivity contribution < 1.29 is 4.79 Å². The fourth-order valence-corrected chi connectivity index (χ4v) is 2.59. The number of aryl methyl sites for hydroxylation is 1. The van der Waals surface area contributed by atoms with Gasteiger partial charge in [0.2, 0.25) is 5.91 Å². The molecule has 1 N–H and O–H groups in total. The molecular formula is C13H18N2OS. The number of carbonyl (C=O) groups is 1. The Balaban J connectivity index is 2.50. The average Bonchev–Trinajstić information content (AvgIpc) is 2.80. The van der Waals surface area contributed by atoms with Crippen molar-refractivity contribution in [2.45, 2.75) is 39.7 Å². The molecule has 4 heteroatoms. The first-order valence-electron chi connectivity index (χ1n) is 5.95. The van der Waals surface area contributed by atoms with Gasteiger partial charge in [-0.05, 0) is 29.9 Å². The topological polar surface area (TPSA) is 52.9 Å². The van der Waals surface area contributed by atoms with Crippen LogP contribution in [0.4, 0.5) is 0 Å². The average molecular weight is 250 g/mol. The second kappa shape index (κ2) is 7.08. The molecule has 1 unspecified atom stereocenters. The van der Waals surface area contributed by atoms with Gasteiger partial charge in [0.25, 0.3) is 0 Å². The highest BCUT2D eigenvalue weighted by Crippen LogP contribution is 2.17. The van der Waals surface area contributed by atoms with Crippen LogP contribution < -0.4 is 5.32 Å². The second-order valence-corrected chi connectivity index (χ2v) is 4.91. The molecule has 0 aliphatic rings. The number of rotatable bonds is 6. The Morgan fingerprint density at radius 3 is 2.94 bits per heavy atom. The Morgan fingerprint density at radius 1 is 1.59 bits per heavy atom. The fraction of sp³-hybridized carbons (Fsp3) is 0.538. The SMILES string of the molecule is CCCC(C#N)C(=O)NCc1sccc1CC. The number of nitriles is 1. The molecule has 3 nitrogen and oxygen atoms in total. The molecule has 0 saturated heterocycles. The Hall–Kier alpha value is -1.34. The van der Waals surface area contributed by atoms with Gasteiger partial charge in [0.1, 0.15) is 5.92 Å². The zero-order valence-electron chi connectivity index (χ0n) is 10.3. The van der Waals surface area contributed by atoms with Crippen molar-refractivity contribution in [3.05, 3.63) is 21.9 Å². The molecule has 0 bridgehead atoms. The molecule has 0 aromatic carbocycles. The summed E-state index contributed by atoms with van der Waals surface area (Å²) < 4.78 is 0. The van der Waals surface area contributed by atoms with Crippen molar-refractivity contribution in [3.8, 4) is 6.07 Å². The van der Waals surface area contributed by atoms with Crippen LogP contribution in [0.15, 0.2) is 11.4 Å². The number of nitrogens with one attached hydrogen (secondary N) is 1. The van der Waals surface area contributed by atoms with Crippen LogP contribution >= 0.6 is 11.3 Å². The minimum atomic E-state index is -0.509. The quantitative estimate of drug-likeness (QED) is 0.844. The van der Waals surface area contributed by atoms with E-state index in [0.717, 1.165) is 12.8 Å². The van der Waals surface area contributed by atoms with E-state index in [2.05, 4.69) is 24.4 Å². The predicted octanol–water partition coefficient (Wildman–Crippen LogP) is 2.87. The van der Waals surface area contributed by atoms with Crippen molar-refractivity contribution in [2.75, 3.05) is 0 Å². The summed E-state index contributed by atoms with van der Waals surface area (Å²) in [7, 11) is 0. The van der Waals surface area contributed by atoms with Gasteiger partial charge in [0.15, 0.2) is 0 Å². The molecule has 17 heavy (non-hydrogen) atoms. The molecular weight excluding hydrogens is 232 g/mol. The summed E-state index contributed by atoms with van der Waals surface area (Å²) in [6.07, 6.45) is 2.46. The summed E-state index contributed by atoms with van der Waals surface area (Å²) in [6, 6.07) is 4.14. The summed E-state index contributed by atoms with van der Waals surface area (Å²) in [5, 5.41) is 13.8. The first-order chi connectivity index (χ1) is 8.22. The maximum atomic E-state index is 11.7. The van der Waals surface area contributed by atoms with Crippen molar-refractivity contribution in [3.63, 3.8) is 0 Å². The van der Waals surface area contributed by atoms with Crippen LogP contribution in [0.5, 0.6) is 0 Å². The van der Waals surface area contributed by atoms with Gasteiger partial charge in [-0.15, -0.1) is 11.3 Å². The zero-order valence-corrected chi connectivity index (χ0v) is 11.1. The lowest BCUT2D eigenvalue weighted by atomic mass is 10.0. The van der Waals surface area contributed by atoms with E-state index >= 15 is 0 Å². The van der Waals surface area contributed by atoms with Crippen LogP contribution in [-0.2, 0) is 17.8 Å². The Morgan fingerprint density at radius 2 is 2.35 bits per heavy atom. The lowest BCUT2D eigenvalue weighted by Gasteiger charge is -2.09. The smallest absolute Gasteiger partial charge is 0.237 e. The zero-order chi connectivity index (χ0) is 12.7. The van der Waals surface area contributed by atoms with Gasteiger partial charge in [-0.2, -0.15) is 5.26 Å². The third-order valence-corrected chi connectivity index (χ3v) is 3.65. The van der Waals surface area contributed by atoms with Crippen LogP contribution in [0.2, 0.25) is 0 Å². The molecule has 1 rings (SSSR count). The Labute approximate surface area is 106 Å². The minimum absolute atomic E-state index is 0.148. The Kier molecular flexibility index (Phi) is 5.71. The second-order valence-electron chi connectivity index (χ2n) is 3.91. The summed E-state index contributed by atoms with van der Waals surface area (Å²) >= 11 is 1.65. The third-order valence-electron chi connectivity index (χ3n) is 2.69. The summed E-state index contributed by atoms with van der Waals surface area (Å²) in [4.78, 5) is 12.9. The van der Waals surface area contributed by atoms with Gasteiger partial charge < -0.3 is 5.32 Å². The lowest BCUT2D eigenvalue weighted by Crippen LogP contribution is -2.29. The number of nitrogens with zero attached hydrogens (tertiary/aromatic N) is 1. The monoisotopic (exact) mass is 250 g/mol. The molecule has 0 aliphatic heterocycles. The van der Waals surface area contributed by atoms with Gasteiger partial charge in [0, 0.05) is 4.88 Å². The van der Waals surface area contributed by atoms with Gasteiger partial charge in [-0.3, -0.25) is 4.79 Å². The van der Waals surface area contributed by atoms with Gasteiger partial charge >= 0.3 is 0 Å². The third kappa shape index (κ3) is 3.86. The van der Waals surface area contributed by atoms with Crippen molar-refractivity contribution in [2.24, 2.45) is 5.92 Å². The van der Waals surface area contributed by atoms with E-state index in [0.29, 0.717) is 13.0 Å². The van der Waals surface area contributed by atoms with Gasteiger partial charge in [-0.1, -0.05) is 20.3 Å². The molecule has 1 aromatic heterocycles. The van der Waals surface area contributed by atoms with Crippen LogP contribution in [0.1, 0.15) is 37.1 Å². The maximum absolute atomic E-state index is 11.7. The van der Waals surface area contributed by atoms with E-state index in [1.165, 1.54) is 10.4 Å². The lowest BCUT2D eigenvalue weighted by molar-refractivity contribution is -0.123. The number of hydrogen-bond acceptors (Lipinski definition) is 3. The van der Waals surface area contributed by atoms with Crippen LogP contribution in [0.25, 0.3) is 0 Å². The van der Waals surface area contributed by atoms with E-state index in [9.17, 15) is 4.79 Å². The standard InChI is InChI=1S/C13H18N2OS/c1-3-5-11(8-14)13(16)15-9-12-10(4-2)6-7-17-12/h6-7,11H,3-5,9H2,1-2H3,(H,15,16). The molecule has 0 radical (unpaired) electrons. The van der Waals surface area contributed by atoms with E-state index in [4.69, 9.17) is 5.26 Å². The normalized spacial score (nSPS) is 11.8. The van der Waals surface area contributed by atoms with Gasteiger partial charge in [-0.25, -0.2) is 0 Å². The number of carbonyl (C=O) groups excluding carboxylic acids is 1. The highest BCUT2D eigenvalue weighted by atomic mass is 32.1. The first-order valence-corrected chi connectivity index (χ1v) is 6.83. The van der Waals surface area contributed by atoms with Crippen molar-refractivity contribution in [1.29, 1.82) is 5.26 Å². The van der Waals surface area contributed by atoms with E-state index in [-0.39, 0.29) is 5.91 Å². The maximum Gasteiger partial charge on any atom is 0.237 e. The Bertz CT molecular complexity index is 406. The summed E-state index contributed by atoms with van der Waals surface area (Å²) in [5.74, 6) is -0.658. The van der Waals surface area contributed by atoms with E-state index in [1.807, 2.05) is 12.3 Å². The van der Waals surface area contributed by atoms with Crippen molar-refractivity contribution >= 4 is 17.2 Å². The largest absolute Gasteiger partial charge is 0.350 e. The number of hydrogen-bond donors (Lipinski definition) is 1. The van der Waals surface area contributed by atoms with E-state index < -0.39 is 5.92 Å². The first kappa shape index (κ1) is 13.7. The molecule has 0 saturated carbocycles. The summed E-state index contributed by atoms with van der Waals surface area (Å²) in [5.41, 5.74) is 1.28. The molecule has 1 atom stereocenters. The van der Waals surface area contributed by atoms with Crippen molar-refractivity contribution in [1.82, 2.24) is 5.32 Å². The molecule has 0 spiro atoms. The molecule has 0 aliphatic carbocycles. The minimum Gasteiger partial charge on any atom is -0.350 e.